The highest BCUT2D eigenvalue weighted by molar-refractivity contribution is 5.38. The van der Waals surface area contributed by atoms with Gasteiger partial charge < -0.3 is 19.3 Å². The summed E-state index contributed by atoms with van der Waals surface area (Å²) in [5, 5.41) is 8.68. The summed E-state index contributed by atoms with van der Waals surface area (Å²) in [6.45, 7) is 2.08. The van der Waals surface area contributed by atoms with E-state index in [4.69, 9.17) is 19.3 Å². The molecular formula is C17H20O4. The van der Waals surface area contributed by atoms with Gasteiger partial charge in [-0.3, -0.25) is 0 Å². The highest BCUT2D eigenvalue weighted by Gasteiger charge is 2.41. The van der Waals surface area contributed by atoms with Crippen LogP contribution in [0.4, 0.5) is 0 Å². The number of hydrogen-bond donors (Lipinski definition) is 1. The van der Waals surface area contributed by atoms with E-state index in [9.17, 15) is 0 Å². The second kappa shape index (κ2) is 6.48. The van der Waals surface area contributed by atoms with Gasteiger partial charge in [0, 0.05) is 31.4 Å². The fraction of sp³-hybridized carbons (Fsp3) is 0.529. The summed E-state index contributed by atoms with van der Waals surface area (Å²) in [5.41, 5.74) is 0.749. The van der Waals surface area contributed by atoms with E-state index in [2.05, 4.69) is 11.8 Å². The molecule has 112 valence electrons. The minimum Gasteiger partial charge on any atom is -0.490 e. The first-order valence-electron chi connectivity index (χ1n) is 7.38. The Balaban J connectivity index is 1.60. The quantitative estimate of drug-likeness (QED) is 0.842. The van der Waals surface area contributed by atoms with Crippen molar-refractivity contribution in [1.82, 2.24) is 0 Å². The lowest BCUT2D eigenvalue weighted by atomic mass is 9.91. The smallest absolute Gasteiger partial charge is 0.119 e. The topological polar surface area (TPSA) is 47.9 Å². The standard InChI is InChI=1S/C17H20O4/c18-9-1-2-14-3-5-15(6-4-14)21-16-7-10-20-17(12-16)8-11-19-13-17/h3-6,16,18H,7-13H2. The predicted molar refractivity (Wildman–Crippen MR) is 78.2 cm³/mol. The second-order valence-corrected chi connectivity index (χ2v) is 5.55. The van der Waals surface area contributed by atoms with Crippen LogP contribution in [0.3, 0.4) is 0 Å². The Morgan fingerprint density at radius 3 is 2.86 bits per heavy atom. The molecule has 1 N–H and O–H groups in total. The largest absolute Gasteiger partial charge is 0.490 e. The van der Waals surface area contributed by atoms with Crippen molar-refractivity contribution in [3.63, 3.8) is 0 Å². The third-order valence-corrected chi connectivity index (χ3v) is 3.98. The minimum absolute atomic E-state index is 0.121. The average molecular weight is 288 g/mol. The number of aliphatic hydroxyl groups is 1. The molecule has 0 amide bonds. The van der Waals surface area contributed by atoms with Gasteiger partial charge in [-0.05, 0) is 24.3 Å². The van der Waals surface area contributed by atoms with E-state index in [0.717, 1.165) is 43.8 Å². The molecule has 2 aliphatic heterocycles. The van der Waals surface area contributed by atoms with E-state index >= 15 is 0 Å². The molecule has 1 aromatic rings. The van der Waals surface area contributed by atoms with Crippen molar-refractivity contribution < 1.29 is 19.3 Å². The fourth-order valence-corrected chi connectivity index (χ4v) is 2.90. The van der Waals surface area contributed by atoms with Gasteiger partial charge in [0.05, 0.1) is 18.8 Å². The third kappa shape index (κ3) is 3.56. The Bertz CT molecular complexity index is 520. The molecule has 2 fully saturated rings. The third-order valence-electron chi connectivity index (χ3n) is 3.98. The molecule has 0 bridgehead atoms. The summed E-state index contributed by atoms with van der Waals surface area (Å²) in [6, 6.07) is 7.67. The van der Waals surface area contributed by atoms with Crippen LogP contribution in [-0.4, -0.2) is 43.2 Å². The maximum Gasteiger partial charge on any atom is 0.119 e. The van der Waals surface area contributed by atoms with Crippen molar-refractivity contribution in [3.8, 4) is 17.6 Å². The summed E-state index contributed by atoms with van der Waals surface area (Å²) >= 11 is 0. The van der Waals surface area contributed by atoms with Crippen LogP contribution in [-0.2, 0) is 9.47 Å². The first-order valence-corrected chi connectivity index (χ1v) is 7.38. The fourth-order valence-electron chi connectivity index (χ4n) is 2.90. The average Bonchev–Trinajstić information content (AvgIpc) is 2.94. The molecule has 4 nitrogen and oxygen atoms in total. The Kier molecular flexibility index (Phi) is 4.45. The van der Waals surface area contributed by atoms with E-state index in [1.807, 2.05) is 24.3 Å². The van der Waals surface area contributed by atoms with E-state index in [0.29, 0.717) is 6.61 Å². The molecule has 2 saturated heterocycles. The Morgan fingerprint density at radius 2 is 2.14 bits per heavy atom. The summed E-state index contributed by atoms with van der Waals surface area (Å²) in [5.74, 6) is 6.36. The van der Waals surface area contributed by atoms with Crippen molar-refractivity contribution >= 4 is 0 Å². The van der Waals surface area contributed by atoms with Crippen LogP contribution in [0.5, 0.6) is 5.75 Å². The summed E-state index contributed by atoms with van der Waals surface area (Å²) in [4.78, 5) is 0. The lowest BCUT2D eigenvalue weighted by molar-refractivity contribution is -0.112. The first kappa shape index (κ1) is 14.4. The summed E-state index contributed by atoms with van der Waals surface area (Å²) in [6.07, 6.45) is 2.94. The molecule has 21 heavy (non-hydrogen) atoms. The lowest BCUT2D eigenvalue weighted by Crippen LogP contribution is -2.44. The Labute approximate surface area is 125 Å². The molecule has 1 aromatic carbocycles. The van der Waals surface area contributed by atoms with Crippen molar-refractivity contribution in [1.29, 1.82) is 0 Å². The molecule has 2 unspecified atom stereocenters. The highest BCUT2D eigenvalue weighted by atomic mass is 16.6. The molecule has 2 heterocycles. The number of hydrogen-bond acceptors (Lipinski definition) is 4. The maximum atomic E-state index is 8.68. The van der Waals surface area contributed by atoms with Crippen LogP contribution in [0.15, 0.2) is 24.3 Å². The van der Waals surface area contributed by atoms with Gasteiger partial charge in [-0.1, -0.05) is 11.8 Å². The number of rotatable bonds is 2. The normalized spacial score (nSPS) is 28.1. The molecule has 0 radical (unpaired) electrons. The molecule has 0 aliphatic carbocycles. The zero-order valence-electron chi connectivity index (χ0n) is 12.0. The van der Waals surface area contributed by atoms with Crippen molar-refractivity contribution in [2.45, 2.75) is 31.0 Å². The van der Waals surface area contributed by atoms with Crippen molar-refractivity contribution in [2.24, 2.45) is 0 Å². The molecule has 0 saturated carbocycles. The van der Waals surface area contributed by atoms with Crippen LogP contribution < -0.4 is 4.74 Å². The maximum absolute atomic E-state index is 8.68. The van der Waals surface area contributed by atoms with Gasteiger partial charge >= 0.3 is 0 Å². The van der Waals surface area contributed by atoms with E-state index in [1.54, 1.807) is 0 Å². The van der Waals surface area contributed by atoms with Crippen LogP contribution in [0.1, 0.15) is 24.8 Å². The highest BCUT2D eigenvalue weighted by Crippen LogP contribution is 2.34. The number of ether oxygens (including phenoxy) is 3. The zero-order valence-corrected chi connectivity index (χ0v) is 12.0. The SMILES string of the molecule is OCC#Cc1ccc(OC2CCOC3(CCOC3)C2)cc1. The summed E-state index contributed by atoms with van der Waals surface area (Å²) in [7, 11) is 0. The molecule has 2 atom stereocenters. The van der Waals surface area contributed by atoms with Gasteiger partial charge in [0.25, 0.3) is 0 Å². The molecule has 2 aliphatic rings. The second-order valence-electron chi connectivity index (χ2n) is 5.55. The molecule has 3 rings (SSSR count). The van der Waals surface area contributed by atoms with Crippen molar-refractivity contribution in [2.75, 3.05) is 26.4 Å². The molecule has 0 aromatic heterocycles. The van der Waals surface area contributed by atoms with Gasteiger partial charge in [0.15, 0.2) is 0 Å². The van der Waals surface area contributed by atoms with Gasteiger partial charge in [0.1, 0.15) is 18.5 Å². The van der Waals surface area contributed by atoms with Crippen molar-refractivity contribution in [3.05, 3.63) is 29.8 Å². The Hall–Kier alpha value is -1.54. The first-order chi connectivity index (χ1) is 10.3. The monoisotopic (exact) mass is 288 g/mol. The minimum atomic E-state index is -0.130. The lowest BCUT2D eigenvalue weighted by Gasteiger charge is -2.37. The van der Waals surface area contributed by atoms with E-state index < -0.39 is 0 Å². The number of aliphatic hydroxyl groups excluding tert-OH is 1. The van der Waals surface area contributed by atoms with Crippen LogP contribution in [0.2, 0.25) is 0 Å². The summed E-state index contributed by atoms with van der Waals surface area (Å²) < 4.78 is 17.5. The molecular weight excluding hydrogens is 268 g/mol. The van der Waals surface area contributed by atoms with Gasteiger partial charge in [-0.2, -0.15) is 0 Å². The zero-order chi connectivity index (χ0) is 14.5. The van der Waals surface area contributed by atoms with Crippen LogP contribution >= 0.6 is 0 Å². The van der Waals surface area contributed by atoms with Crippen LogP contribution in [0, 0.1) is 11.8 Å². The van der Waals surface area contributed by atoms with E-state index in [-0.39, 0.29) is 18.3 Å². The van der Waals surface area contributed by atoms with Crippen LogP contribution in [0.25, 0.3) is 0 Å². The van der Waals surface area contributed by atoms with E-state index in [1.165, 1.54) is 0 Å². The number of benzene rings is 1. The Morgan fingerprint density at radius 1 is 1.29 bits per heavy atom. The van der Waals surface area contributed by atoms with Gasteiger partial charge in [-0.15, -0.1) is 0 Å². The molecule has 4 heteroatoms. The van der Waals surface area contributed by atoms with Gasteiger partial charge in [0.2, 0.25) is 0 Å². The van der Waals surface area contributed by atoms with Gasteiger partial charge in [-0.25, -0.2) is 0 Å². The predicted octanol–water partition coefficient (Wildman–Crippen LogP) is 1.75. The molecule has 1 spiro atoms.